The molecular weight excluding hydrogens is 458 g/mol. The van der Waals surface area contributed by atoms with Crippen molar-refractivity contribution in [3.8, 4) is 5.75 Å². The van der Waals surface area contributed by atoms with E-state index >= 15 is 0 Å². The highest BCUT2D eigenvalue weighted by Crippen LogP contribution is 2.36. The fourth-order valence-electron chi connectivity index (χ4n) is 6.10. The quantitative estimate of drug-likeness (QED) is 0.643. The minimum atomic E-state index is -0.604. The highest BCUT2D eigenvalue weighted by Gasteiger charge is 2.41. The Bertz CT molecular complexity index is 1210. The molecule has 3 atom stereocenters. The van der Waals surface area contributed by atoms with E-state index in [1.165, 1.54) is 6.42 Å². The summed E-state index contributed by atoms with van der Waals surface area (Å²) >= 11 is 0. The van der Waals surface area contributed by atoms with E-state index in [-0.39, 0.29) is 30.2 Å². The Kier molecular flexibility index (Phi) is 5.95. The van der Waals surface area contributed by atoms with Crippen molar-refractivity contribution in [3.63, 3.8) is 0 Å². The smallest absolute Gasteiger partial charge is 0.255 e. The number of ether oxygens (including phenoxy) is 1. The number of imide groups is 1. The third-order valence-corrected chi connectivity index (χ3v) is 8.04. The van der Waals surface area contributed by atoms with Gasteiger partial charge >= 0.3 is 0 Å². The zero-order valence-electron chi connectivity index (χ0n) is 20.5. The van der Waals surface area contributed by atoms with Crippen LogP contribution in [0.4, 0.5) is 0 Å². The molecule has 9 nitrogen and oxygen atoms in total. The van der Waals surface area contributed by atoms with E-state index < -0.39 is 6.04 Å². The number of hydrogen-bond acceptors (Lipinski definition) is 7. The lowest BCUT2D eigenvalue weighted by atomic mass is 9.85. The van der Waals surface area contributed by atoms with Crippen LogP contribution in [0, 0.1) is 6.92 Å². The van der Waals surface area contributed by atoms with Crippen molar-refractivity contribution < 1.29 is 19.1 Å². The number of aryl methyl sites for hydroxylation is 1. The summed E-state index contributed by atoms with van der Waals surface area (Å²) in [5.41, 5.74) is 2.60. The van der Waals surface area contributed by atoms with Crippen LogP contribution < -0.4 is 10.1 Å². The van der Waals surface area contributed by atoms with E-state index in [1.54, 1.807) is 4.90 Å². The molecule has 2 aromatic rings. The highest BCUT2D eigenvalue weighted by atomic mass is 16.5. The van der Waals surface area contributed by atoms with Gasteiger partial charge in [0.05, 0.1) is 0 Å². The van der Waals surface area contributed by atoms with Crippen molar-refractivity contribution in [2.24, 2.45) is 0 Å². The van der Waals surface area contributed by atoms with Gasteiger partial charge in [0.1, 0.15) is 23.7 Å². The predicted octanol–water partition coefficient (Wildman–Crippen LogP) is 2.34. The summed E-state index contributed by atoms with van der Waals surface area (Å²) < 4.78 is 6.54. The highest BCUT2D eigenvalue weighted by molar-refractivity contribution is 6.05. The van der Waals surface area contributed by atoms with E-state index in [2.05, 4.69) is 20.2 Å². The molecule has 1 N–H and O–H groups in total. The summed E-state index contributed by atoms with van der Waals surface area (Å²) in [6, 6.07) is 7.43. The molecule has 0 radical (unpaired) electrons. The number of hydrogen-bond donors (Lipinski definition) is 1. The standard InChI is InChI=1S/C27H31N5O4/c1-16-28-11-10-21(29-16)18-13-31(14-18)22-4-2-3-5-24(22)36-19-6-7-20-17(12-19)15-32(27(20)35)23-8-9-25(33)30-26(23)34/h6-7,10-12,18,22-24H,2-5,8-9,13-15H2,1H3,(H,30,33,34)/t22-,23?,24-/m0/s1. The Balaban J connectivity index is 1.12. The lowest BCUT2D eigenvalue weighted by molar-refractivity contribution is -0.136. The molecule has 4 aliphatic rings. The van der Waals surface area contributed by atoms with Crippen molar-refractivity contribution in [3.05, 3.63) is 53.1 Å². The van der Waals surface area contributed by atoms with Gasteiger partial charge in [-0.1, -0.05) is 6.42 Å². The lowest BCUT2D eigenvalue weighted by Crippen LogP contribution is -2.57. The zero-order valence-corrected chi connectivity index (χ0v) is 20.5. The molecule has 188 valence electrons. The second-order valence-electron chi connectivity index (χ2n) is 10.4. The van der Waals surface area contributed by atoms with Crippen molar-refractivity contribution in [2.45, 2.75) is 76.1 Å². The number of fused-ring (bicyclic) bond motifs is 1. The number of amides is 3. The second kappa shape index (κ2) is 9.28. The van der Waals surface area contributed by atoms with E-state index in [1.807, 2.05) is 37.4 Å². The van der Waals surface area contributed by atoms with Crippen LogP contribution in [-0.4, -0.2) is 68.8 Å². The van der Waals surface area contributed by atoms with Crippen molar-refractivity contribution in [2.75, 3.05) is 13.1 Å². The van der Waals surface area contributed by atoms with Crippen LogP contribution in [0.5, 0.6) is 5.75 Å². The van der Waals surface area contributed by atoms with Gasteiger partial charge in [-0.05, 0) is 62.4 Å². The zero-order chi connectivity index (χ0) is 24.8. The van der Waals surface area contributed by atoms with Gasteiger partial charge in [0, 0.05) is 55.5 Å². The predicted molar refractivity (Wildman–Crippen MR) is 130 cm³/mol. The maximum Gasteiger partial charge on any atom is 0.255 e. The van der Waals surface area contributed by atoms with Crippen LogP contribution in [0.1, 0.15) is 71.9 Å². The lowest BCUT2D eigenvalue weighted by Gasteiger charge is -2.48. The summed E-state index contributed by atoms with van der Waals surface area (Å²) in [6.07, 6.45) is 7.05. The molecule has 1 unspecified atom stereocenters. The fraction of sp³-hybridized carbons (Fsp3) is 0.519. The van der Waals surface area contributed by atoms with Crippen LogP contribution in [0.2, 0.25) is 0 Å². The number of piperidine rings is 1. The largest absolute Gasteiger partial charge is 0.489 e. The molecule has 0 spiro atoms. The number of carbonyl (C=O) groups excluding carboxylic acids is 3. The van der Waals surface area contributed by atoms with Gasteiger partial charge in [-0.25, -0.2) is 9.97 Å². The SMILES string of the molecule is Cc1nccc(C2CN([C@H]3CCCC[C@@H]3Oc3ccc4c(c3)CN(C3CCC(=O)NC3=O)C4=O)C2)n1. The summed E-state index contributed by atoms with van der Waals surface area (Å²) in [5.74, 6) is 1.20. The first-order valence-corrected chi connectivity index (χ1v) is 12.9. The third-order valence-electron chi connectivity index (χ3n) is 8.04. The second-order valence-corrected chi connectivity index (χ2v) is 10.4. The maximum atomic E-state index is 13.0. The van der Waals surface area contributed by atoms with Crippen LogP contribution in [0.15, 0.2) is 30.5 Å². The molecule has 6 rings (SSSR count). The van der Waals surface area contributed by atoms with Gasteiger partial charge in [-0.15, -0.1) is 0 Å². The Labute approximate surface area is 210 Å². The number of carbonyl (C=O) groups is 3. The summed E-state index contributed by atoms with van der Waals surface area (Å²) in [4.78, 5) is 49.7. The molecule has 1 aromatic heterocycles. The fourth-order valence-corrected chi connectivity index (χ4v) is 6.10. The van der Waals surface area contributed by atoms with Gasteiger partial charge in [-0.3, -0.25) is 24.6 Å². The van der Waals surface area contributed by atoms with Crippen molar-refractivity contribution in [1.82, 2.24) is 25.1 Å². The normalized spacial score (nSPS) is 27.0. The molecule has 1 aromatic carbocycles. The molecule has 2 saturated heterocycles. The van der Waals surface area contributed by atoms with Crippen LogP contribution in [0.3, 0.4) is 0 Å². The number of nitrogens with zero attached hydrogens (tertiary/aromatic N) is 4. The van der Waals surface area contributed by atoms with E-state index in [4.69, 9.17) is 4.74 Å². The van der Waals surface area contributed by atoms with E-state index in [0.29, 0.717) is 30.5 Å². The van der Waals surface area contributed by atoms with E-state index in [9.17, 15) is 14.4 Å². The average Bonchev–Trinajstić information content (AvgIpc) is 3.15. The number of likely N-dealkylation sites (tertiary alicyclic amines) is 1. The molecular formula is C27H31N5O4. The first kappa shape index (κ1) is 23.1. The molecule has 3 fully saturated rings. The molecule has 0 bridgehead atoms. The van der Waals surface area contributed by atoms with Gasteiger partial charge in [0.15, 0.2) is 0 Å². The number of nitrogens with one attached hydrogen (secondary N) is 1. The van der Waals surface area contributed by atoms with Crippen LogP contribution >= 0.6 is 0 Å². The summed E-state index contributed by atoms with van der Waals surface area (Å²) in [7, 11) is 0. The minimum absolute atomic E-state index is 0.105. The van der Waals surface area contributed by atoms with Crippen molar-refractivity contribution in [1.29, 1.82) is 0 Å². The van der Waals surface area contributed by atoms with Crippen LogP contribution in [-0.2, 0) is 16.1 Å². The monoisotopic (exact) mass is 489 g/mol. The molecule has 9 heteroatoms. The Morgan fingerprint density at radius 2 is 1.89 bits per heavy atom. The third kappa shape index (κ3) is 4.25. The average molecular weight is 490 g/mol. The molecule has 1 saturated carbocycles. The van der Waals surface area contributed by atoms with Crippen LogP contribution in [0.25, 0.3) is 0 Å². The van der Waals surface area contributed by atoms with Gasteiger partial charge < -0.3 is 9.64 Å². The Morgan fingerprint density at radius 3 is 2.69 bits per heavy atom. The molecule has 3 amide bonds. The first-order valence-electron chi connectivity index (χ1n) is 12.9. The molecule has 4 heterocycles. The summed E-state index contributed by atoms with van der Waals surface area (Å²) in [6.45, 7) is 4.26. The van der Waals surface area contributed by atoms with E-state index in [0.717, 1.165) is 55.2 Å². The van der Waals surface area contributed by atoms with Gasteiger partial charge in [0.25, 0.3) is 5.91 Å². The number of benzene rings is 1. The Hall–Kier alpha value is -3.33. The maximum absolute atomic E-state index is 13.0. The Morgan fingerprint density at radius 1 is 1.06 bits per heavy atom. The first-order chi connectivity index (χ1) is 17.5. The minimum Gasteiger partial charge on any atom is -0.489 e. The molecule has 3 aliphatic heterocycles. The molecule has 1 aliphatic carbocycles. The molecule has 36 heavy (non-hydrogen) atoms. The number of aromatic nitrogens is 2. The summed E-state index contributed by atoms with van der Waals surface area (Å²) in [5, 5.41) is 2.35. The topological polar surface area (TPSA) is 105 Å². The van der Waals surface area contributed by atoms with Gasteiger partial charge in [0.2, 0.25) is 11.8 Å². The van der Waals surface area contributed by atoms with Crippen molar-refractivity contribution >= 4 is 17.7 Å². The number of rotatable bonds is 5. The van der Waals surface area contributed by atoms with Gasteiger partial charge in [-0.2, -0.15) is 0 Å².